The minimum absolute atomic E-state index is 0.0180. The van der Waals surface area contributed by atoms with E-state index in [4.69, 9.17) is 16.9 Å². The standard InChI is InChI=1S/C25H22ClN7O4S/c26-19-6-7-21-17(12-19)13-23(30-21)38(36,37)31-10-11-32(20(16-31)4-3-8-27)25(34)24-28-14-18(15-29-24)22-5-1-2-9-33(22)35/h1-2,5-7,9,12-15,20,30H,3-4,10-11,16H2. The van der Waals surface area contributed by atoms with Crippen molar-refractivity contribution in [2.24, 2.45) is 0 Å². The van der Waals surface area contributed by atoms with Crippen LogP contribution in [-0.2, 0) is 10.0 Å². The van der Waals surface area contributed by atoms with Crippen molar-refractivity contribution in [2.45, 2.75) is 23.9 Å². The van der Waals surface area contributed by atoms with Crippen LogP contribution < -0.4 is 4.73 Å². The van der Waals surface area contributed by atoms with Gasteiger partial charge in [0.05, 0.1) is 11.6 Å². The number of nitriles is 1. The van der Waals surface area contributed by atoms with Crippen LogP contribution in [0.25, 0.3) is 22.2 Å². The summed E-state index contributed by atoms with van der Waals surface area (Å²) in [5.41, 5.74) is 1.44. The molecule has 1 fully saturated rings. The van der Waals surface area contributed by atoms with Crippen LogP contribution in [0.4, 0.5) is 0 Å². The highest BCUT2D eigenvalue weighted by atomic mass is 35.5. The Bertz CT molecular complexity index is 1650. The third-order valence-corrected chi connectivity index (χ3v) is 8.46. The van der Waals surface area contributed by atoms with Gasteiger partial charge in [0, 0.05) is 72.5 Å². The number of hydrogen-bond donors (Lipinski definition) is 1. The number of H-pyrrole nitrogens is 1. The van der Waals surface area contributed by atoms with Crippen LogP contribution in [0.3, 0.4) is 0 Å². The van der Waals surface area contributed by atoms with Gasteiger partial charge in [-0.05, 0) is 36.8 Å². The zero-order valence-electron chi connectivity index (χ0n) is 20.0. The fourth-order valence-electron chi connectivity index (χ4n) is 4.50. The van der Waals surface area contributed by atoms with Crippen molar-refractivity contribution in [3.05, 3.63) is 77.1 Å². The van der Waals surface area contributed by atoms with Crippen LogP contribution in [0.5, 0.6) is 0 Å². The van der Waals surface area contributed by atoms with Gasteiger partial charge in [0.2, 0.25) is 11.5 Å². The van der Waals surface area contributed by atoms with Crippen molar-refractivity contribution < 1.29 is 17.9 Å². The van der Waals surface area contributed by atoms with E-state index in [2.05, 4.69) is 21.0 Å². The van der Waals surface area contributed by atoms with Crippen molar-refractivity contribution in [1.82, 2.24) is 24.2 Å². The molecular weight excluding hydrogens is 530 g/mol. The van der Waals surface area contributed by atoms with Gasteiger partial charge in [0.25, 0.3) is 15.9 Å². The van der Waals surface area contributed by atoms with Gasteiger partial charge in [-0.3, -0.25) is 4.79 Å². The maximum atomic E-state index is 13.4. The van der Waals surface area contributed by atoms with E-state index >= 15 is 0 Å². The number of piperazine rings is 1. The monoisotopic (exact) mass is 551 g/mol. The number of benzene rings is 1. The second-order valence-electron chi connectivity index (χ2n) is 8.78. The molecular formula is C25H22ClN7O4S. The van der Waals surface area contributed by atoms with Gasteiger partial charge in [-0.2, -0.15) is 14.3 Å². The molecule has 11 nitrogen and oxygen atoms in total. The molecule has 0 radical (unpaired) electrons. The molecule has 13 heteroatoms. The highest BCUT2D eigenvalue weighted by Gasteiger charge is 2.37. The molecule has 0 spiro atoms. The summed E-state index contributed by atoms with van der Waals surface area (Å²) < 4.78 is 28.9. The molecule has 3 aromatic heterocycles. The summed E-state index contributed by atoms with van der Waals surface area (Å²) in [5, 5.41) is 22.4. The number of nitrogens with zero attached hydrogens (tertiary/aromatic N) is 6. The Morgan fingerprint density at radius 1 is 1.21 bits per heavy atom. The molecule has 1 aliphatic rings. The Morgan fingerprint density at radius 3 is 2.74 bits per heavy atom. The highest BCUT2D eigenvalue weighted by Crippen LogP contribution is 2.27. The minimum Gasteiger partial charge on any atom is -0.618 e. The zero-order chi connectivity index (χ0) is 26.9. The van der Waals surface area contributed by atoms with Crippen molar-refractivity contribution in [3.63, 3.8) is 0 Å². The number of fused-ring (bicyclic) bond motifs is 1. The Kier molecular flexibility index (Phi) is 6.98. The third-order valence-electron chi connectivity index (χ3n) is 6.43. The van der Waals surface area contributed by atoms with Crippen LogP contribution in [0, 0.1) is 16.5 Å². The van der Waals surface area contributed by atoms with Gasteiger partial charge in [0.15, 0.2) is 6.20 Å². The normalized spacial score (nSPS) is 16.4. The molecule has 1 amide bonds. The lowest BCUT2D eigenvalue weighted by Gasteiger charge is -2.40. The molecule has 0 aliphatic carbocycles. The minimum atomic E-state index is -3.90. The van der Waals surface area contributed by atoms with Crippen LogP contribution in [0.15, 0.2) is 66.1 Å². The molecule has 1 aliphatic heterocycles. The number of nitrogens with one attached hydrogen (secondary N) is 1. The first kappa shape index (κ1) is 25.6. The number of aromatic amines is 1. The molecule has 4 heterocycles. The molecule has 1 aromatic carbocycles. The van der Waals surface area contributed by atoms with E-state index in [0.717, 1.165) is 0 Å². The fourth-order valence-corrected chi connectivity index (χ4v) is 6.16. The summed E-state index contributed by atoms with van der Waals surface area (Å²) in [6.07, 6.45) is 4.58. The van der Waals surface area contributed by atoms with E-state index in [1.54, 1.807) is 36.4 Å². The molecule has 0 saturated carbocycles. The summed E-state index contributed by atoms with van der Waals surface area (Å²) in [6, 6.07) is 13.0. The lowest BCUT2D eigenvalue weighted by molar-refractivity contribution is -0.593. The highest BCUT2D eigenvalue weighted by molar-refractivity contribution is 7.89. The zero-order valence-corrected chi connectivity index (χ0v) is 21.6. The summed E-state index contributed by atoms with van der Waals surface area (Å²) in [7, 11) is -3.90. The average Bonchev–Trinajstić information content (AvgIpc) is 3.36. The molecule has 1 atom stereocenters. The molecule has 5 rings (SSSR count). The number of hydrogen-bond acceptors (Lipinski definition) is 7. The third kappa shape index (κ3) is 4.91. The van der Waals surface area contributed by atoms with Crippen molar-refractivity contribution in [2.75, 3.05) is 19.6 Å². The van der Waals surface area contributed by atoms with Gasteiger partial charge in [-0.25, -0.2) is 18.4 Å². The maximum Gasteiger partial charge on any atom is 0.291 e. The first-order valence-electron chi connectivity index (χ1n) is 11.7. The predicted molar refractivity (Wildman–Crippen MR) is 138 cm³/mol. The van der Waals surface area contributed by atoms with Gasteiger partial charge >= 0.3 is 0 Å². The first-order valence-corrected chi connectivity index (χ1v) is 13.6. The van der Waals surface area contributed by atoms with Gasteiger partial charge in [-0.15, -0.1) is 0 Å². The number of rotatable bonds is 6. The van der Waals surface area contributed by atoms with E-state index in [1.165, 1.54) is 33.9 Å². The van der Waals surface area contributed by atoms with E-state index < -0.39 is 22.0 Å². The molecule has 0 bridgehead atoms. The van der Waals surface area contributed by atoms with Crippen molar-refractivity contribution in [1.29, 1.82) is 5.26 Å². The average molecular weight is 552 g/mol. The SMILES string of the molecule is N#CCCC1CN(S(=O)(=O)c2cc3cc(Cl)ccc3[nH]2)CCN1C(=O)c1ncc(-c2cccc[n+]2[O-])cn1. The summed E-state index contributed by atoms with van der Waals surface area (Å²) in [6.45, 7) is 0.181. The molecule has 1 N–H and O–H groups in total. The number of amides is 1. The lowest BCUT2D eigenvalue weighted by atomic mass is 10.1. The maximum absolute atomic E-state index is 13.4. The largest absolute Gasteiger partial charge is 0.618 e. The van der Waals surface area contributed by atoms with Crippen LogP contribution in [-0.4, -0.2) is 64.2 Å². The lowest BCUT2D eigenvalue weighted by Crippen LogP contribution is -2.56. The number of pyridine rings is 1. The van der Waals surface area contributed by atoms with E-state index in [-0.39, 0.29) is 43.3 Å². The van der Waals surface area contributed by atoms with Gasteiger partial charge in [0.1, 0.15) is 5.03 Å². The predicted octanol–water partition coefficient (Wildman–Crippen LogP) is 2.73. The van der Waals surface area contributed by atoms with Crippen LogP contribution in [0.2, 0.25) is 5.02 Å². The molecule has 194 valence electrons. The fraction of sp³-hybridized carbons (Fsp3) is 0.240. The molecule has 1 unspecified atom stereocenters. The Balaban J connectivity index is 1.37. The summed E-state index contributed by atoms with van der Waals surface area (Å²) >= 11 is 6.04. The van der Waals surface area contributed by atoms with E-state index in [0.29, 0.717) is 31.9 Å². The Labute approximate surface area is 223 Å². The Hall–Kier alpha value is -4.05. The Morgan fingerprint density at radius 2 is 2.00 bits per heavy atom. The number of carbonyl (C=O) groups excluding carboxylic acids is 1. The van der Waals surface area contributed by atoms with Crippen LogP contribution >= 0.6 is 11.6 Å². The molecule has 1 saturated heterocycles. The second kappa shape index (κ2) is 10.4. The smallest absolute Gasteiger partial charge is 0.291 e. The van der Waals surface area contributed by atoms with E-state index in [9.17, 15) is 18.4 Å². The number of halogens is 1. The quantitative estimate of drug-likeness (QED) is 0.286. The topological polar surface area (TPSA) is 150 Å². The van der Waals surface area contributed by atoms with Gasteiger partial charge < -0.3 is 15.1 Å². The molecule has 4 aromatic rings. The number of sulfonamides is 1. The van der Waals surface area contributed by atoms with Crippen LogP contribution in [0.1, 0.15) is 23.5 Å². The van der Waals surface area contributed by atoms with Crippen molar-refractivity contribution >= 4 is 38.4 Å². The second-order valence-corrected chi connectivity index (χ2v) is 11.1. The van der Waals surface area contributed by atoms with Gasteiger partial charge in [-0.1, -0.05) is 11.6 Å². The summed E-state index contributed by atoms with van der Waals surface area (Å²) in [5.74, 6) is -0.548. The number of carbonyl (C=O) groups is 1. The van der Waals surface area contributed by atoms with Crippen molar-refractivity contribution in [3.8, 4) is 17.3 Å². The van der Waals surface area contributed by atoms with E-state index in [1.807, 2.05) is 0 Å². The number of aromatic nitrogens is 4. The summed E-state index contributed by atoms with van der Waals surface area (Å²) in [4.78, 5) is 26.1. The molecule has 38 heavy (non-hydrogen) atoms. The first-order chi connectivity index (χ1) is 18.3.